The van der Waals surface area contributed by atoms with Crippen molar-refractivity contribution in [3.8, 4) is 0 Å². The van der Waals surface area contributed by atoms with Gasteiger partial charge in [-0.25, -0.2) is 0 Å². The largest absolute Gasteiger partial charge is 0.350 e. The zero-order valence-corrected chi connectivity index (χ0v) is 13.6. The molecule has 0 aliphatic carbocycles. The van der Waals surface area contributed by atoms with Crippen LogP contribution in [0.4, 0.5) is 0 Å². The molecular formula is C19H28N2. The first kappa shape index (κ1) is 15.8. The van der Waals surface area contributed by atoms with Gasteiger partial charge in [-0.2, -0.15) is 0 Å². The van der Waals surface area contributed by atoms with Gasteiger partial charge in [0.05, 0.1) is 0 Å². The van der Waals surface area contributed by atoms with Crippen molar-refractivity contribution in [2.24, 2.45) is 0 Å². The molecule has 2 rings (SSSR count). The van der Waals surface area contributed by atoms with E-state index in [9.17, 15) is 0 Å². The van der Waals surface area contributed by atoms with Gasteiger partial charge in [-0.1, -0.05) is 37.3 Å². The van der Waals surface area contributed by atoms with Gasteiger partial charge in [-0.15, -0.1) is 0 Å². The van der Waals surface area contributed by atoms with Crippen molar-refractivity contribution in [1.29, 1.82) is 0 Å². The lowest BCUT2D eigenvalue weighted by molar-refractivity contribution is 0.355. The predicted molar refractivity (Wildman–Crippen MR) is 90.4 cm³/mol. The number of hydrogen-bond acceptors (Lipinski definition) is 1. The van der Waals surface area contributed by atoms with E-state index in [2.05, 4.69) is 79.3 Å². The second-order valence-electron chi connectivity index (χ2n) is 6.42. The van der Waals surface area contributed by atoms with Crippen molar-refractivity contribution in [3.63, 3.8) is 0 Å². The van der Waals surface area contributed by atoms with E-state index < -0.39 is 0 Å². The molecule has 0 unspecified atom stereocenters. The maximum absolute atomic E-state index is 3.71. The molecule has 1 aromatic carbocycles. The molecule has 0 aliphatic rings. The zero-order chi connectivity index (χ0) is 15.1. The second kappa shape index (κ2) is 7.46. The van der Waals surface area contributed by atoms with Crippen LogP contribution in [0, 0.1) is 0 Å². The van der Waals surface area contributed by atoms with Crippen LogP contribution in [0.25, 0.3) is 0 Å². The monoisotopic (exact) mass is 284 g/mol. The second-order valence-corrected chi connectivity index (χ2v) is 6.42. The van der Waals surface area contributed by atoms with E-state index in [0.717, 1.165) is 25.9 Å². The first-order valence-electron chi connectivity index (χ1n) is 8.04. The fraction of sp³-hybridized carbons (Fsp3) is 0.474. The molecule has 1 aromatic heterocycles. The van der Waals surface area contributed by atoms with E-state index in [1.54, 1.807) is 0 Å². The van der Waals surface area contributed by atoms with Crippen LogP contribution in [0.15, 0.2) is 48.7 Å². The number of nitrogens with one attached hydrogen (secondary N) is 1. The Morgan fingerprint density at radius 2 is 1.81 bits per heavy atom. The van der Waals surface area contributed by atoms with Crippen molar-refractivity contribution in [2.75, 3.05) is 0 Å². The predicted octanol–water partition coefficient (Wildman–Crippen LogP) is 4.40. The molecule has 0 saturated heterocycles. The Bertz CT molecular complexity index is 526. The van der Waals surface area contributed by atoms with E-state index in [1.165, 1.54) is 17.7 Å². The first-order valence-corrected chi connectivity index (χ1v) is 8.04. The maximum atomic E-state index is 3.71. The summed E-state index contributed by atoms with van der Waals surface area (Å²) in [6.07, 6.45) is 5.62. The molecule has 2 nitrogen and oxygen atoms in total. The summed E-state index contributed by atoms with van der Waals surface area (Å²) in [5.41, 5.74) is 2.95. The summed E-state index contributed by atoms with van der Waals surface area (Å²) in [4.78, 5) is 0. The fourth-order valence-corrected chi connectivity index (χ4v) is 2.59. The van der Waals surface area contributed by atoms with E-state index >= 15 is 0 Å². The average molecular weight is 284 g/mol. The molecule has 0 radical (unpaired) electrons. The van der Waals surface area contributed by atoms with Crippen molar-refractivity contribution in [3.05, 3.63) is 59.9 Å². The SMILES string of the molecule is CCCn1cccc1CNC(C)(C)CCc1ccccc1. The molecule has 2 aromatic rings. The standard InChI is InChI=1S/C19H28N2/c1-4-14-21-15-8-11-18(21)16-20-19(2,3)13-12-17-9-6-5-7-10-17/h5-11,15,20H,4,12-14,16H2,1-3H3. The Hall–Kier alpha value is -1.54. The van der Waals surface area contributed by atoms with E-state index in [4.69, 9.17) is 0 Å². The quantitative estimate of drug-likeness (QED) is 0.760. The number of rotatable bonds is 8. The smallest absolute Gasteiger partial charge is 0.0363 e. The topological polar surface area (TPSA) is 17.0 Å². The highest BCUT2D eigenvalue weighted by molar-refractivity contribution is 5.15. The number of aryl methyl sites for hydroxylation is 2. The van der Waals surface area contributed by atoms with Gasteiger partial charge in [0.1, 0.15) is 0 Å². The average Bonchev–Trinajstić information content (AvgIpc) is 2.92. The van der Waals surface area contributed by atoms with Gasteiger partial charge < -0.3 is 9.88 Å². The molecule has 1 N–H and O–H groups in total. The minimum atomic E-state index is 0.150. The first-order chi connectivity index (χ1) is 10.1. The summed E-state index contributed by atoms with van der Waals surface area (Å²) in [6, 6.07) is 15.1. The molecular weight excluding hydrogens is 256 g/mol. The van der Waals surface area contributed by atoms with Crippen LogP contribution < -0.4 is 5.32 Å². The Balaban J connectivity index is 1.84. The van der Waals surface area contributed by atoms with Gasteiger partial charge in [0, 0.05) is 30.5 Å². The molecule has 2 heteroatoms. The number of nitrogens with zero attached hydrogens (tertiary/aromatic N) is 1. The van der Waals surface area contributed by atoms with Gasteiger partial charge in [0.2, 0.25) is 0 Å². The van der Waals surface area contributed by atoms with Crippen LogP contribution in [0.5, 0.6) is 0 Å². The van der Waals surface area contributed by atoms with Crippen LogP contribution in [-0.4, -0.2) is 10.1 Å². The summed E-state index contributed by atoms with van der Waals surface area (Å²) in [6.45, 7) is 8.86. The van der Waals surface area contributed by atoms with Crippen molar-refractivity contribution in [2.45, 2.75) is 58.7 Å². The third-order valence-electron chi connectivity index (χ3n) is 4.02. The van der Waals surface area contributed by atoms with E-state index in [1.807, 2.05) is 0 Å². The molecule has 0 bridgehead atoms. The van der Waals surface area contributed by atoms with E-state index in [-0.39, 0.29) is 5.54 Å². The zero-order valence-electron chi connectivity index (χ0n) is 13.6. The molecule has 21 heavy (non-hydrogen) atoms. The Kier molecular flexibility index (Phi) is 5.63. The molecule has 0 saturated carbocycles. The highest BCUT2D eigenvalue weighted by Crippen LogP contribution is 2.15. The lowest BCUT2D eigenvalue weighted by Gasteiger charge is -2.27. The number of hydrogen-bond donors (Lipinski definition) is 1. The van der Waals surface area contributed by atoms with Crippen LogP contribution in [0.2, 0.25) is 0 Å². The fourth-order valence-electron chi connectivity index (χ4n) is 2.59. The van der Waals surface area contributed by atoms with Crippen LogP contribution in [-0.2, 0) is 19.5 Å². The molecule has 114 valence electrons. The van der Waals surface area contributed by atoms with Crippen LogP contribution >= 0.6 is 0 Å². The Labute approximate surface area is 129 Å². The minimum Gasteiger partial charge on any atom is -0.350 e. The number of aromatic nitrogens is 1. The highest BCUT2D eigenvalue weighted by Gasteiger charge is 2.17. The Morgan fingerprint density at radius 3 is 2.52 bits per heavy atom. The normalized spacial score (nSPS) is 11.8. The third-order valence-corrected chi connectivity index (χ3v) is 4.02. The van der Waals surface area contributed by atoms with Crippen LogP contribution in [0.3, 0.4) is 0 Å². The van der Waals surface area contributed by atoms with Crippen molar-refractivity contribution >= 4 is 0 Å². The summed E-state index contributed by atoms with van der Waals surface area (Å²) in [7, 11) is 0. The molecule has 0 spiro atoms. The van der Waals surface area contributed by atoms with Gasteiger partial charge in [-0.05, 0) is 50.8 Å². The van der Waals surface area contributed by atoms with E-state index in [0.29, 0.717) is 0 Å². The van der Waals surface area contributed by atoms with Crippen molar-refractivity contribution in [1.82, 2.24) is 9.88 Å². The maximum Gasteiger partial charge on any atom is 0.0363 e. The summed E-state index contributed by atoms with van der Waals surface area (Å²) in [5.74, 6) is 0. The molecule has 1 heterocycles. The minimum absolute atomic E-state index is 0.150. The lowest BCUT2D eigenvalue weighted by Crippen LogP contribution is -2.39. The summed E-state index contributed by atoms with van der Waals surface area (Å²) >= 11 is 0. The Morgan fingerprint density at radius 1 is 1.05 bits per heavy atom. The molecule has 0 aliphatic heterocycles. The number of benzene rings is 1. The summed E-state index contributed by atoms with van der Waals surface area (Å²) < 4.78 is 2.35. The van der Waals surface area contributed by atoms with Gasteiger partial charge in [0.25, 0.3) is 0 Å². The molecule has 0 amide bonds. The van der Waals surface area contributed by atoms with Crippen LogP contribution in [0.1, 0.15) is 44.9 Å². The third kappa shape index (κ3) is 5.05. The van der Waals surface area contributed by atoms with Gasteiger partial charge in [-0.3, -0.25) is 0 Å². The van der Waals surface area contributed by atoms with Gasteiger partial charge >= 0.3 is 0 Å². The van der Waals surface area contributed by atoms with Crippen molar-refractivity contribution < 1.29 is 0 Å². The lowest BCUT2D eigenvalue weighted by atomic mass is 9.95. The van der Waals surface area contributed by atoms with Gasteiger partial charge in [0.15, 0.2) is 0 Å². The molecule has 0 atom stereocenters. The molecule has 0 fully saturated rings. The summed E-state index contributed by atoms with van der Waals surface area (Å²) in [5, 5.41) is 3.71. The highest BCUT2D eigenvalue weighted by atomic mass is 15.0.